The first-order valence-corrected chi connectivity index (χ1v) is 10.6. The second-order valence-corrected chi connectivity index (χ2v) is 7.90. The second kappa shape index (κ2) is 9.80. The van der Waals surface area contributed by atoms with Crippen LogP contribution in [0.4, 0.5) is 5.69 Å². The Labute approximate surface area is 179 Å². The molecule has 3 rings (SSSR count). The van der Waals surface area contributed by atoms with Gasteiger partial charge in [0.2, 0.25) is 5.91 Å². The number of hydrogen-bond donors (Lipinski definition) is 1. The van der Waals surface area contributed by atoms with Crippen LogP contribution in [0.1, 0.15) is 23.9 Å². The van der Waals surface area contributed by atoms with Crippen LogP contribution in [0.15, 0.2) is 47.6 Å². The molecule has 0 radical (unpaired) electrons. The highest BCUT2D eigenvalue weighted by Crippen LogP contribution is 2.23. The van der Waals surface area contributed by atoms with Crippen LogP contribution in [0.2, 0.25) is 5.02 Å². The normalized spacial score (nSPS) is 10.8. The van der Waals surface area contributed by atoms with Crippen LogP contribution in [0.3, 0.4) is 0 Å². The number of nitrogens with one attached hydrogen (secondary N) is 1. The first kappa shape index (κ1) is 21.2. The molecule has 3 aromatic rings. The van der Waals surface area contributed by atoms with Crippen LogP contribution in [-0.2, 0) is 17.9 Å². The molecule has 152 valence electrons. The van der Waals surface area contributed by atoms with Gasteiger partial charge in [-0.05, 0) is 56.7 Å². The molecule has 8 heteroatoms. The summed E-state index contributed by atoms with van der Waals surface area (Å²) < 4.78 is 7.78. The van der Waals surface area contributed by atoms with E-state index in [1.165, 1.54) is 11.8 Å². The third-order valence-electron chi connectivity index (χ3n) is 4.27. The lowest BCUT2D eigenvalue weighted by Gasteiger charge is -2.10. The standard InChI is InChI=1S/C21H23ClN4O2S/c1-4-26-19(12-28-17-9-10-18(22)15(3)11-17)24-25-21(26)29-13-20(27)23-16-7-5-14(2)6-8-16/h5-11H,4,12-13H2,1-3H3,(H,23,27). The van der Waals surface area contributed by atoms with Crippen molar-refractivity contribution in [1.29, 1.82) is 0 Å². The summed E-state index contributed by atoms with van der Waals surface area (Å²) in [6, 6.07) is 13.2. The van der Waals surface area contributed by atoms with Crippen molar-refractivity contribution < 1.29 is 9.53 Å². The zero-order valence-corrected chi connectivity index (χ0v) is 18.2. The van der Waals surface area contributed by atoms with Crippen LogP contribution in [0.25, 0.3) is 0 Å². The Morgan fingerprint density at radius 1 is 1.17 bits per heavy atom. The molecule has 0 spiro atoms. The minimum Gasteiger partial charge on any atom is -0.486 e. The van der Waals surface area contributed by atoms with Gasteiger partial charge in [-0.25, -0.2) is 0 Å². The van der Waals surface area contributed by atoms with Gasteiger partial charge < -0.3 is 14.6 Å². The molecule has 0 aliphatic rings. The van der Waals surface area contributed by atoms with Crippen molar-refractivity contribution in [1.82, 2.24) is 14.8 Å². The van der Waals surface area contributed by atoms with Crippen molar-refractivity contribution in [3.63, 3.8) is 0 Å². The van der Waals surface area contributed by atoms with Gasteiger partial charge in [0.15, 0.2) is 11.0 Å². The molecule has 1 N–H and O–H groups in total. The monoisotopic (exact) mass is 430 g/mol. The molecule has 1 heterocycles. The van der Waals surface area contributed by atoms with Gasteiger partial charge >= 0.3 is 0 Å². The molecule has 1 aromatic heterocycles. The van der Waals surface area contributed by atoms with Crippen LogP contribution in [0, 0.1) is 13.8 Å². The molecular weight excluding hydrogens is 408 g/mol. The van der Waals surface area contributed by atoms with Crippen molar-refractivity contribution in [3.05, 3.63) is 64.4 Å². The van der Waals surface area contributed by atoms with Crippen LogP contribution in [0.5, 0.6) is 5.75 Å². The molecular formula is C21H23ClN4O2S. The minimum atomic E-state index is -0.0843. The number of carbonyl (C=O) groups excluding carboxylic acids is 1. The molecule has 0 aliphatic carbocycles. The maximum atomic E-state index is 12.2. The SMILES string of the molecule is CCn1c(COc2ccc(Cl)c(C)c2)nnc1SCC(=O)Nc1ccc(C)cc1. The zero-order valence-electron chi connectivity index (χ0n) is 16.6. The van der Waals surface area contributed by atoms with E-state index in [1.807, 2.05) is 67.8 Å². The molecule has 0 unspecified atom stereocenters. The molecule has 2 aromatic carbocycles. The van der Waals surface area contributed by atoms with Crippen LogP contribution in [-0.4, -0.2) is 26.4 Å². The number of halogens is 1. The highest BCUT2D eigenvalue weighted by Gasteiger charge is 2.14. The van der Waals surface area contributed by atoms with Gasteiger partial charge in [-0.3, -0.25) is 4.79 Å². The fourth-order valence-corrected chi connectivity index (χ4v) is 3.61. The lowest BCUT2D eigenvalue weighted by atomic mass is 10.2. The number of aryl methyl sites for hydroxylation is 2. The summed E-state index contributed by atoms with van der Waals surface area (Å²) in [6.07, 6.45) is 0. The lowest BCUT2D eigenvalue weighted by Crippen LogP contribution is -2.15. The Kier molecular flexibility index (Phi) is 7.17. The summed E-state index contributed by atoms with van der Waals surface area (Å²) in [5.74, 6) is 1.60. The van der Waals surface area contributed by atoms with E-state index in [0.29, 0.717) is 22.5 Å². The number of anilines is 1. The molecule has 0 atom stereocenters. The number of nitrogens with zero attached hydrogens (tertiary/aromatic N) is 3. The summed E-state index contributed by atoms with van der Waals surface area (Å²) in [5, 5.41) is 12.7. The largest absolute Gasteiger partial charge is 0.486 e. The van der Waals surface area contributed by atoms with Gasteiger partial charge in [0.1, 0.15) is 12.4 Å². The van der Waals surface area contributed by atoms with Crippen molar-refractivity contribution in [2.24, 2.45) is 0 Å². The maximum absolute atomic E-state index is 12.2. The van der Waals surface area contributed by atoms with Gasteiger partial charge in [0.25, 0.3) is 0 Å². The molecule has 1 amide bonds. The van der Waals surface area contributed by atoms with E-state index in [0.717, 1.165) is 22.6 Å². The summed E-state index contributed by atoms with van der Waals surface area (Å²) >= 11 is 7.40. The Bertz CT molecular complexity index is 989. The third kappa shape index (κ3) is 5.74. The highest BCUT2D eigenvalue weighted by atomic mass is 35.5. The average Bonchev–Trinajstić information content (AvgIpc) is 3.11. The molecule has 0 bridgehead atoms. The Morgan fingerprint density at radius 2 is 1.93 bits per heavy atom. The van der Waals surface area contributed by atoms with E-state index in [4.69, 9.17) is 16.3 Å². The van der Waals surface area contributed by atoms with Crippen molar-refractivity contribution >= 4 is 35.0 Å². The van der Waals surface area contributed by atoms with Crippen LogP contribution >= 0.6 is 23.4 Å². The first-order chi connectivity index (χ1) is 14.0. The number of rotatable bonds is 8. The van der Waals surface area contributed by atoms with Crippen LogP contribution < -0.4 is 10.1 Å². The maximum Gasteiger partial charge on any atom is 0.234 e. The predicted molar refractivity (Wildman–Crippen MR) is 117 cm³/mol. The topological polar surface area (TPSA) is 69.0 Å². The van der Waals surface area contributed by atoms with Gasteiger partial charge in [0.05, 0.1) is 5.75 Å². The molecule has 0 aliphatic heterocycles. The van der Waals surface area contributed by atoms with Crippen molar-refractivity contribution in [2.45, 2.75) is 39.1 Å². The molecule has 0 fully saturated rings. The smallest absolute Gasteiger partial charge is 0.234 e. The Balaban J connectivity index is 1.57. The number of thioether (sulfide) groups is 1. The van der Waals surface area contributed by atoms with E-state index in [1.54, 1.807) is 0 Å². The van der Waals surface area contributed by atoms with E-state index in [9.17, 15) is 4.79 Å². The Morgan fingerprint density at radius 3 is 2.62 bits per heavy atom. The van der Waals surface area contributed by atoms with E-state index >= 15 is 0 Å². The Hall–Kier alpha value is -2.51. The summed E-state index contributed by atoms with van der Waals surface area (Å²) in [6.45, 7) is 6.93. The quantitative estimate of drug-likeness (QED) is 0.516. The summed E-state index contributed by atoms with van der Waals surface area (Å²) in [4.78, 5) is 12.2. The van der Waals surface area contributed by atoms with Gasteiger partial charge in [0, 0.05) is 17.3 Å². The fourth-order valence-electron chi connectivity index (χ4n) is 2.67. The number of amides is 1. The number of hydrogen-bond acceptors (Lipinski definition) is 5. The van der Waals surface area contributed by atoms with Crippen molar-refractivity contribution in [2.75, 3.05) is 11.1 Å². The predicted octanol–water partition coefficient (Wildman–Crippen LogP) is 4.88. The molecule has 0 saturated heterocycles. The van der Waals surface area contributed by atoms with Gasteiger partial charge in [-0.2, -0.15) is 0 Å². The number of benzene rings is 2. The molecule has 6 nitrogen and oxygen atoms in total. The first-order valence-electron chi connectivity index (χ1n) is 9.26. The van der Waals surface area contributed by atoms with Crippen molar-refractivity contribution in [3.8, 4) is 5.75 Å². The summed E-state index contributed by atoms with van der Waals surface area (Å²) in [7, 11) is 0. The molecule has 0 saturated carbocycles. The number of ether oxygens (including phenoxy) is 1. The number of aromatic nitrogens is 3. The average molecular weight is 431 g/mol. The minimum absolute atomic E-state index is 0.0843. The van der Waals surface area contributed by atoms with E-state index in [-0.39, 0.29) is 18.3 Å². The van der Waals surface area contributed by atoms with E-state index < -0.39 is 0 Å². The second-order valence-electron chi connectivity index (χ2n) is 6.55. The molecule has 29 heavy (non-hydrogen) atoms. The highest BCUT2D eigenvalue weighted by molar-refractivity contribution is 7.99. The lowest BCUT2D eigenvalue weighted by molar-refractivity contribution is -0.113. The number of carbonyl (C=O) groups is 1. The van der Waals surface area contributed by atoms with E-state index in [2.05, 4.69) is 15.5 Å². The van der Waals surface area contributed by atoms with Gasteiger partial charge in [-0.15, -0.1) is 10.2 Å². The summed E-state index contributed by atoms with van der Waals surface area (Å²) in [5.41, 5.74) is 2.89. The van der Waals surface area contributed by atoms with Gasteiger partial charge in [-0.1, -0.05) is 41.1 Å². The third-order valence-corrected chi connectivity index (χ3v) is 5.67. The fraction of sp³-hybridized carbons (Fsp3) is 0.286. The zero-order chi connectivity index (χ0) is 20.8.